The van der Waals surface area contributed by atoms with Gasteiger partial charge in [-0.3, -0.25) is 0 Å². The first-order valence-electron chi connectivity index (χ1n) is 6.75. The van der Waals surface area contributed by atoms with E-state index in [4.69, 9.17) is 9.84 Å². The Morgan fingerprint density at radius 3 is 2.70 bits per heavy atom. The van der Waals surface area contributed by atoms with Crippen LogP contribution in [0.5, 0.6) is 0 Å². The fourth-order valence-electron chi connectivity index (χ4n) is 2.24. The summed E-state index contributed by atoms with van der Waals surface area (Å²) in [5, 5.41) is 8.65. The summed E-state index contributed by atoms with van der Waals surface area (Å²) < 4.78 is 5.39. The third kappa shape index (κ3) is 3.25. The van der Waals surface area contributed by atoms with Gasteiger partial charge in [0.1, 0.15) is 12.2 Å². The zero-order chi connectivity index (χ0) is 14.9. The Morgan fingerprint density at radius 2 is 2.15 bits per heavy atom. The normalized spacial score (nSPS) is 17.1. The molecule has 0 radical (unpaired) electrons. The lowest BCUT2D eigenvalue weighted by molar-refractivity contribution is -0.150. The van der Waals surface area contributed by atoms with Gasteiger partial charge < -0.3 is 14.7 Å². The second kappa shape index (κ2) is 5.36. The standard InChI is InChI=1S/C14H21N3O3/c1-9(2)11-5-10(3)15-13(16-11)17-7-14(4,8-17)20-6-12(18)19/h5,9H,6-8H2,1-4H3,(H,18,19). The van der Waals surface area contributed by atoms with E-state index < -0.39 is 11.6 Å². The molecule has 0 amide bonds. The van der Waals surface area contributed by atoms with E-state index in [1.54, 1.807) is 0 Å². The quantitative estimate of drug-likeness (QED) is 0.882. The van der Waals surface area contributed by atoms with Crippen LogP contribution in [0.4, 0.5) is 5.95 Å². The van der Waals surface area contributed by atoms with Crippen LogP contribution in [-0.4, -0.2) is 46.3 Å². The van der Waals surface area contributed by atoms with E-state index >= 15 is 0 Å². The second-order valence-electron chi connectivity index (χ2n) is 5.88. The highest BCUT2D eigenvalue weighted by Crippen LogP contribution is 2.29. The van der Waals surface area contributed by atoms with Crippen LogP contribution < -0.4 is 4.90 Å². The van der Waals surface area contributed by atoms with E-state index in [0.717, 1.165) is 11.4 Å². The molecule has 1 aromatic rings. The number of carboxylic acid groups (broad SMARTS) is 1. The molecule has 110 valence electrons. The number of aryl methyl sites for hydroxylation is 1. The first-order valence-corrected chi connectivity index (χ1v) is 6.75. The van der Waals surface area contributed by atoms with Gasteiger partial charge in [0, 0.05) is 11.4 Å². The van der Waals surface area contributed by atoms with Gasteiger partial charge in [0.05, 0.1) is 13.1 Å². The van der Waals surface area contributed by atoms with Crippen molar-refractivity contribution in [1.82, 2.24) is 9.97 Å². The predicted octanol–water partition coefficient (Wildman–Crippen LogP) is 1.59. The highest BCUT2D eigenvalue weighted by molar-refractivity contribution is 5.68. The van der Waals surface area contributed by atoms with E-state index in [-0.39, 0.29) is 6.61 Å². The zero-order valence-electron chi connectivity index (χ0n) is 12.4. The van der Waals surface area contributed by atoms with Crippen LogP contribution in [0.1, 0.15) is 38.1 Å². The van der Waals surface area contributed by atoms with Gasteiger partial charge in [0.25, 0.3) is 0 Å². The van der Waals surface area contributed by atoms with Crippen LogP contribution >= 0.6 is 0 Å². The fraction of sp³-hybridized carbons (Fsp3) is 0.643. The average Bonchev–Trinajstić information content (AvgIpc) is 2.32. The summed E-state index contributed by atoms with van der Waals surface area (Å²) >= 11 is 0. The maximum absolute atomic E-state index is 10.5. The highest BCUT2D eigenvalue weighted by Gasteiger charge is 2.41. The average molecular weight is 279 g/mol. The summed E-state index contributed by atoms with van der Waals surface area (Å²) in [4.78, 5) is 21.6. The lowest BCUT2D eigenvalue weighted by Gasteiger charge is -2.47. The summed E-state index contributed by atoms with van der Waals surface area (Å²) in [6.07, 6.45) is 0. The van der Waals surface area contributed by atoms with E-state index in [0.29, 0.717) is 25.0 Å². The number of aromatic nitrogens is 2. The molecule has 0 atom stereocenters. The largest absolute Gasteiger partial charge is 0.480 e. The molecule has 0 aliphatic carbocycles. The van der Waals surface area contributed by atoms with Crippen LogP contribution in [-0.2, 0) is 9.53 Å². The second-order valence-corrected chi connectivity index (χ2v) is 5.88. The molecule has 6 heteroatoms. The van der Waals surface area contributed by atoms with Gasteiger partial charge in [0.2, 0.25) is 5.95 Å². The molecular formula is C14H21N3O3. The summed E-state index contributed by atoms with van der Waals surface area (Å²) in [5.74, 6) is 0.107. The molecule has 1 fully saturated rings. The molecule has 1 aliphatic rings. The first kappa shape index (κ1) is 14.7. The summed E-state index contributed by atoms with van der Waals surface area (Å²) in [6, 6.07) is 1.99. The van der Waals surface area contributed by atoms with Crippen LogP contribution in [0, 0.1) is 6.92 Å². The number of carbonyl (C=O) groups is 1. The Morgan fingerprint density at radius 1 is 1.50 bits per heavy atom. The van der Waals surface area contributed by atoms with Crippen molar-refractivity contribution in [2.75, 3.05) is 24.6 Å². The van der Waals surface area contributed by atoms with Crippen molar-refractivity contribution in [2.24, 2.45) is 0 Å². The number of rotatable bonds is 5. The Balaban J connectivity index is 2.03. The van der Waals surface area contributed by atoms with Crippen LogP contribution in [0.15, 0.2) is 6.07 Å². The molecule has 6 nitrogen and oxygen atoms in total. The Labute approximate surface area is 118 Å². The van der Waals surface area contributed by atoms with E-state index in [9.17, 15) is 4.79 Å². The van der Waals surface area contributed by atoms with Gasteiger partial charge in [-0.15, -0.1) is 0 Å². The third-order valence-electron chi connectivity index (χ3n) is 3.33. The Kier molecular flexibility index (Phi) is 3.94. The van der Waals surface area contributed by atoms with Gasteiger partial charge >= 0.3 is 5.97 Å². The molecule has 1 saturated heterocycles. The zero-order valence-corrected chi connectivity index (χ0v) is 12.4. The number of nitrogens with zero attached hydrogens (tertiary/aromatic N) is 3. The molecule has 2 heterocycles. The third-order valence-corrected chi connectivity index (χ3v) is 3.33. The van der Waals surface area contributed by atoms with Crippen molar-refractivity contribution in [2.45, 2.75) is 39.2 Å². The van der Waals surface area contributed by atoms with E-state index in [1.165, 1.54) is 0 Å². The maximum Gasteiger partial charge on any atom is 0.329 e. The predicted molar refractivity (Wildman–Crippen MR) is 75.1 cm³/mol. The summed E-state index contributed by atoms with van der Waals surface area (Å²) in [7, 11) is 0. The number of aliphatic carboxylic acids is 1. The van der Waals surface area contributed by atoms with Crippen molar-refractivity contribution >= 4 is 11.9 Å². The molecule has 0 saturated carbocycles. The van der Waals surface area contributed by atoms with Crippen molar-refractivity contribution in [1.29, 1.82) is 0 Å². The summed E-state index contributed by atoms with van der Waals surface area (Å²) in [6.45, 7) is 9.02. The minimum Gasteiger partial charge on any atom is -0.480 e. The number of carboxylic acids is 1. The van der Waals surface area contributed by atoms with Crippen molar-refractivity contribution < 1.29 is 14.6 Å². The number of anilines is 1. The van der Waals surface area contributed by atoms with Crippen molar-refractivity contribution in [3.8, 4) is 0 Å². The van der Waals surface area contributed by atoms with Crippen molar-refractivity contribution in [3.05, 3.63) is 17.5 Å². The Hall–Kier alpha value is -1.69. The molecular weight excluding hydrogens is 258 g/mol. The van der Waals surface area contributed by atoms with Crippen LogP contribution in [0.2, 0.25) is 0 Å². The van der Waals surface area contributed by atoms with Crippen LogP contribution in [0.25, 0.3) is 0 Å². The molecule has 0 unspecified atom stereocenters. The smallest absolute Gasteiger partial charge is 0.329 e. The molecule has 0 aromatic carbocycles. The van der Waals surface area contributed by atoms with E-state index in [2.05, 4.69) is 23.8 Å². The molecule has 2 rings (SSSR count). The molecule has 0 spiro atoms. The molecule has 1 aliphatic heterocycles. The minimum atomic E-state index is -0.946. The van der Waals surface area contributed by atoms with Gasteiger partial charge in [-0.05, 0) is 25.8 Å². The lowest BCUT2D eigenvalue weighted by Crippen LogP contribution is -2.62. The fourth-order valence-corrected chi connectivity index (χ4v) is 2.24. The van der Waals surface area contributed by atoms with Crippen molar-refractivity contribution in [3.63, 3.8) is 0 Å². The number of hydrogen-bond donors (Lipinski definition) is 1. The van der Waals surface area contributed by atoms with Gasteiger partial charge in [-0.2, -0.15) is 0 Å². The van der Waals surface area contributed by atoms with E-state index in [1.807, 2.05) is 24.8 Å². The number of hydrogen-bond acceptors (Lipinski definition) is 5. The topological polar surface area (TPSA) is 75.6 Å². The number of ether oxygens (including phenoxy) is 1. The summed E-state index contributed by atoms with van der Waals surface area (Å²) in [5.41, 5.74) is 1.54. The molecule has 0 bridgehead atoms. The minimum absolute atomic E-state index is 0.268. The van der Waals surface area contributed by atoms with Crippen LogP contribution in [0.3, 0.4) is 0 Å². The van der Waals surface area contributed by atoms with Gasteiger partial charge in [-0.25, -0.2) is 14.8 Å². The first-order chi connectivity index (χ1) is 9.29. The van der Waals surface area contributed by atoms with Gasteiger partial charge in [0.15, 0.2) is 0 Å². The molecule has 1 aromatic heterocycles. The highest BCUT2D eigenvalue weighted by atomic mass is 16.5. The molecule has 1 N–H and O–H groups in total. The lowest BCUT2D eigenvalue weighted by atomic mass is 9.97. The van der Waals surface area contributed by atoms with Gasteiger partial charge in [-0.1, -0.05) is 13.8 Å². The SMILES string of the molecule is Cc1cc(C(C)C)nc(N2CC(C)(OCC(=O)O)C2)n1. The Bertz CT molecular complexity index is 510. The maximum atomic E-state index is 10.5. The monoisotopic (exact) mass is 279 g/mol. The molecule has 20 heavy (non-hydrogen) atoms.